The van der Waals surface area contributed by atoms with Crippen LogP contribution in [0.15, 0.2) is 6.20 Å². The van der Waals surface area contributed by atoms with Crippen molar-refractivity contribution in [2.45, 2.75) is 20.3 Å². The molecule has 0 N–H and O–H groups in total. The number of rotatable bonds is 3. The molecule has 16 heavy (non-hydrogen) atoms. The lowest BCUT2D eigenvalue weighted by Gasteiger charge is -2.10. The smallest absolute Gasteiger partial charge is 0.341 e. The largest absolute Gasteiger partial charge is 0.462 e. The predicted octanol–water partition coefficient (Wildman–Crippen LogP) is 3.11. The van der Waals surface area contributed by atoms with Crippen LogP contribution in [0.25, 0.3) is 0 Å². The molecule has 0 saturated heterocycles. The zero-order valence-electron chi connectivity index (χ0n) is 8.76. The summed E-state index contributed by atoms with van der Waals surface area (Å²) in [7, 11) is 0. The van der Waals surface area contributed by atoms with Gasteiger partial charge in [0.15, 0.2) is 0 Å². The Kier molecular flexibility index (Phi) is 4.57. The molecule has 0 aliphatic carbocycles. The molecule has 1 heterocycles. The molecule has 3 nitrogen and oxygen atoms in total. The first-order valence-electron chi connectivity index (χ1n) is 4.59. The summed E-state index contributed by atoms with van der Waals surface area (Å²) in [6.07, 6.45) is -1.55. The van der Waals surface area contributed by atoms with E-state index in [2.05, 4.69) is 4.98 Å². The Morgan fingerprint density at radius 1 is 1.62 bits per heavy atom. The Labute approximate surface area is 105 Å². The minimum Gasteiger partial charge on any atom is -0.462 e. The third-order valence-corrected chi connectivity index (χ3v) is 2.86. The minimum absolute atomic E-state index is 0.125. The van der Waals surface area contributed by atoms with E-state index >= 15 is 0 Å². The number of halogens is 3. The molecule has 0 aliphatic rings. The first-order valence-corrected chi connectivity index (χ1v) is 5.67. The van der Waals surface area contributed by atoms with Gasteiger partial charge in [0.1, 0.15) is 3.70 Å². The van der Waals surface area contributed by atoms with Crippen LogP contribution in [-0.2, 0) is 4.74 Å². The number of pyridine rings is 1. The third kappa shape index (κ3) is 2.66. The van der Waals surface area contributed by atoms with E-state index in [4.69, 9.17) is 4.74 Å². The maximum atomic E-state index is 12.6. The summed E-state index contributed by atoms with van der Waals surface area (Å²) >= 11 is 1.82. The molecular formula is C10H10F2INO2. The van der Waals surface area contributed by atoms with Crippen molar-refractivity contribution in [2.75, 3.05) is 6.61 Å². The molecule has 0 unspecified atom stereocenters. The zero-order chi connectivity index (χ0) is 12.3. The molecule has 6 heteroatoms. The van der Waals surface area contributed by atoms with E-state index < -0.39 is 12.4 Å². The number of alkyl halides is 2. The number of carbonyl (C=O) groups excluding carboxylic acids is 1. The van der Waals surface area contributed by atoms with Gasteiger partial charge in [-0.3, -0.25) is 0 Å². The molecule has 0 amide bonds. The molecule has 0 bridgehead atoms. The monoisotopic (exact) mass is 341 g/mol. The van der Waals surface area contributed by atoms with Crippen molar-refractivity contribution in [2.24, 2.45) is 0 Å². The summed E-state index contributed by atoms with van der Waals surface area (Å²) in [5, 5.41) is 0. The lowest BCUT2D eigenvalue weighted by atomic mass is 10.1. The molecule has 1 aromatic rings. The normalized spacial score (nSPS) is 10.6. The van der Waals surface area contributed by atoms with Gasteiger partial charge in [0.2, 0.25) is 0 Å². The standard InChI is InChI=1S/C10H10F2INO2/c1-3-16-10(15)7-5(2)6(8(11)12)4-14-9(7)13/h4,8H,3H2,1-2H3. The van der Waals surface area contributed by atoms with Crippen LogP contribution in [0.4, 0.5) is 8.78 Å². The van der Waals surface area contributed by atoms with E-state index in [0.717, 1.165) is 6.20 Å². The summed E-state index contributed by atoms with van der Waals surface area (Å²) in [4.78, 5) is 15.3. The minimum atomic E-state index is -2.64. The molecule has 0 saturated carbocycles. The fourth-order valence-electron chi connectivity index (χ4n) is 1.25. The van der Waals surface area contributed by atoms with Crippen LogP contribution < -0.4 is 0 Å². The van der Waals surface area contributed by atoms with Gasteiger partial charge in [0.05, 0.1) is 12.2 Å². The fraction of sp³-hybridized carbons (Fsp3) is 0.400. The Balaban J connectivity index is 3.26. The molecule has 0 atom stereocenters. The van der Waals surface area contributed by atoms with E-state index in [1.165, 1.54) is 6.92 Å². The molecule has 0 fully saturated rings. The number of carbonyl (C=O) groups is 1. The van der Waals surface area contributed by atoms with Crippen LogP contribution in [0, 0.1) is 10.6 Å². The number of esters is 1. The van der Waals surface area contributed by atoms with Gasteiger partial charge >= 0.3 is 5.97 Å². The molecule has 0 aromatic carbocycles. The maximum Gasteiger partial charge on any atom is 0.341 e. The average molecular weight is 341 g/mol. The molecule has 88 valence electrons. The number of nitrogens with zero attached hydrogens (tertiary/aromatic N) is 1. The van der Waals surface area contributed by atoms with Crippen molar-refractivity contribution in [3.8, 4) is 0 Å². The van der Waals surface area contributed by atoms with Crippen molar-refractivity contribution in [3.63, 3.8) is 0 Å². The van der Waals surface area contributed by atoms with Gasteiger partial charge in [-0.1, -0.05) is 0 Å². The topological polar surface area (TPSA) is 39.2 Å². The van der Waals surface area contributed by atoms with E-state index in [1.54, 1.807) is 6.92 Å². The van der Waals surface area contributed by atoms with Crippen LogP contribution in [0.3, 0.4) is 0 Å². The number of aromatic nitrogens is 1. The molecule has 1 aromatic heterocycles. The van der Waals surface area contributed by atoms with Gasteiger partial charge in [0, 0.05) is 11.8 Å². The summed E-state index contributed by atoms with van der Waals surface area (Å²) in [6.45, 7) is 3.33. The highest BCUT2D eigenvalue weighted by Gasteiger charge is 2.21. The van der Waals surface area contributed by atoms with Gasteiger partial charge in [-0.15, -0.1) is 0 Å². The molecule has 0 radical (unpaired) electrons. The van der Waals surface area contributed by atoms with Gasteiger partial charge in [-0.05, 0) is 42.0 Å². The highest BCUT2D eigenvalue weighted by molar-refractivity contribution is 14.1. The van der Waals surface area contributed by atoms with Gasteiger partial charge < -0.3 is 4.74 Å². The molecule has 0 aliphatic heterocycles. The zero-order valence-corrected chi connectivity index (χ0v) is 10.9. The van der Waals surface area contributed by atoms with Gasteiger partial charge in [-0.2, -0.15) is 0 Å². The van der Waals surface area contributed by atoms with Crippen LogP contribution in [0.2, 0.25) is 0 Å². The van der Waals surface area contributed by atoms with Crippen molar-refractivity contribution in [1.29, 1.82) is 0 Å². The fourth-order valence-corrected chi connectivity index (χ4v) is 2.01. The average Bonchev–Trinajstić information content (AvgIpc) is 2.17. The highest BCUT2D eigenvalue weighted by atomic mass is 127. The van der Waals surface area contributed by atoms with E-state index in [0.29, 0.717) is 3.70 Å². The van der Waals surface area contributed by atoms with Gasteiger partial charge in [0.25, 0.3) is 6.43 Å². The highest BCUT2D eigenvalue weighted by Crippen LogP contribution is 2.26. The van der Waals surface area contributed by atoms with Crippen molar-refractivity contribution >= 4 is 28.6 Å². The Bertz CT molecular complexity index is 410. The summed E-state index contributed by atoms with van der Waals surface area (Å²) in [6, 6.07) is 0. The first kappa shape index (κ1) is 13.3. The SMILES string of the molecule is CCOC(=O)c1c(I)ncc(C(F)F)c1C. The molecule has 0 spiro atoms. The van der Waals surface area contributed by atoms with E-state index in [1.807, 2.05) is 22.6 Å². The van der Waals surface area contributed by atoms with Crippen LogP contribution in [-0.4, -0.2) is 17.6 Å². The van der Waals surface area contributed by atoms with Crippen molar-refractivity contribution in [3.05, 3.63) is 26.6 Å². The predicted molar refractivity (Wildman–Crippen MR) is 62.6 cm³/mol. The number of hydrogen-bond acceptors (Lipinski definition) is 3. The summed E-state index contributed by atoms with van der Waals surface area (Å²) in [5.41, 5.74) is 0.122. The van der Waals surface area contributed by atoms with Crippen molar-refractivity contribution < 1.29 is 18.3 Å². The van der Waals surface area contributed by atoms with E-state index in [9.17, 15) is 13.6 Å². The number of ether oxygens (including phenoxy) is 1. The second kappa shape index (κ2) is 5.51. The van der Waals surface area contributed by atoms with E-state index in [-0.39, 0.29) is 23.3 Å². The molecule has 1 rings (SSSR count). The Morgan fingerprint density at radius 3 is 2.75 bits per heavy atom. The van der Waals surface area contributed by atoms with Crippen LogP contribution >= 0.6 is 22.6 Å². The Hall–Kier alpha value is -0.790. The summed E-state index contributed by atoms with van der Waals surface area (Å²) in [5.74, 6) is -0.612. The van der Waals surface area contributed by atoms with Crippen LogP contribution in [0.5, 0.6) is 0 Å². The summed E-state index contributed by atoms with van der Waals surface area (Å²) < 4.78 is 30.4. The molecular weight excluding hydrogens is 331 g/mol. The lowest BCUT2D eigenvalue weighted by Crippen LogP contribution is -2.12. The first-order chi connectivity index (χ1) is 7.49. The Morgan fingerprint density at radius 2 is 2.25 bits per heavy atom. The van der Waals surface area contributed by atoms with Gasteiger partial charge in [-0.25, -0.2) is 18.6 Å². The maximum absolute atomic E-state index is 12.6. The number of hydrogen-bond donors (Lipinski definition) is 0. The third-order valence-electron chi connectivity index (χ3n) is 2.05. The quantitative estimate of drug-likeness (QED) is 0.482. The lowest BCUT2D eigenvalue weighted by molar-refractivity contribution is 0.0523. The van der Waals surface area contributed by atoms with Crippen LogP contribution in [0.1, 0.15) is 34.8 Å². The second-order valence-electron chi connectivity index (χ2n) is 3.03. The van der Waals surface area contributed by atoms with Crippen molar-refractivity contribution in [1.82, 2.24) is 4.98 Å². The second-order valence-corrected chi connectivity index (χ2v) is 4.05.